The maximum absolute atomic E-state index is 12.1. The molecular weight excluding hydrogens is 304 g/mol. The van der Waals surface area contributed by atoms with Crippen LogP contribution >= 0.6 is 11.6 Å². The maximum atomic E-state index is 12.1. The third-order valence-electron chi connectivity index (χ3n) is 4.08. The summed E-state index contributed by atoms with van der Waals surface area (Å²) in [5, 5.41) is 8.42. The Morgan fingerprint density at radius 1 is 1.18 bits per heavy atom. The van der Waals surface area contributed by atoms with Gasteiger partial charge in [-0.2, -0.15) is 0 Å². The van der Waals surface area contributed by atoms with Gasteiger partial charge in [-0.15, -0.1) is 10.2 Å². The summed E-state index contributed by atoms with van der Waals surface area (Å²) in [6, 6.07) is 3.65. The van der Waals surface area contributed by atoms with E-state index in [2.05, 4.69) is 15.1 Å². The van der Waals surface area contributed by atoms with Crippen LogP contribution < -0.4 is 4.90 Å². The van der Waals surface area contributed by atoms with Crippen molar-refractivity contribution in [3.63, 3.8) is 0 Å². The zero-order valence-electron chi connectivity index (χ0n) is 13.1. The highest BCUT2D eigenvalue weighted by atomic mass is 35.5. The second-order valence-corrected chi connectivity index (χ2v) is 7.41. The number of aromatic nitrogens is 2. The molecule has 3 heterocycles. The Morgan fingerprint density at radius 3 is 2.32 bits per heavy atom. The van der Waals surface area contributed by atoms with Crippen LogP contribution in [0.25, 0.3) is 0 Å². The first-order chi connectivity index (χ1) is 10.3. The van der Waals surface area contributed by atoms with Crippen LogP contribution in [0.5, 0.6) is 0 Å². The van der Waals surface area contributed by atoms with E-state index in [1.54, 1.807) is 6.07 Å². The predicted octanol–water partition coefficient (Wildman–Crippen LogP) is 2.43. The minimum Gasteiger partial charge on any atom is -0.444 e. The second-order valence-electron chi connectivity index (χ2n) is 7.02. The third kappa shape index (κ3) is 3.27. The van der Waals surface area contributed by atoms with Crippen LogP contribution in [0.15, 0.2) is 12.1 Å². The molecule has 0 spiro atoms. The van der Waals surface area contributed by atoms with Gasteiger partial charge >= 0.3 is 6.09 Å². The average Bonchev–Trinajstić information content (AvgIpc) is 2.95. The minimum atomic E-state index is -0.445. The highest BCUT2D eigenvalue weighted by Crippen LogP contribution is 2.33. The van der Waals surface area contributed by atoms with Crippen molar-refractivity contribution < 1.29 is 9.53 Å². The van der Waals surface area contributed by atoms with E-state index < -0.39 is 5.60 Å². The van der Waals surface area contributed by atoms with Gasteiger partial charge < -0.3 is 14.5 Å². The van der Waals surface area contributed by atoms with Crippen LogP contribution in [0.4, 0.5) is 10.6 Å². The summed E-state index contributed by atoms with van der Waals surface area (Å²) in [6.45, 7) is 8.95. The quantitative estimate of drug-likeness (QED) is 0.794. The molecule has 2 saturated heterocycles. The van der Waals surface area contributed by atoms with Crippen molar-refractivity contribution in [1.82, 2.24) is 15.1 Å². The number of hydrogen-bond acceptors (Lipinski definition) is 5. The number of halogens is 1. The molecule has 2 aliphatic heterocycles. The van der Waals surface area contributed by atoms with E-state index in [-0.39, 0.29) is 6.09 Å². The standard InChI is InChI=1S/C15H21ClN4O2/c1-15(2,3)22-14(21)20-8-10-6-19(7-11(10)9-20)13-5-4-12(16)17-18-13/h4-5,10-11H,6-9H2,1-3H3. The van der Waals surface area contributed by atoms with Crippen molar-refractivity contribution in [2.45, 2.75) is 26.4 Å². The summed E-state index contributed by atoms with van der Waals surface area (Å²) < 4.78 is 5.45. The number of amides is 1. The molecular formula is C15H21ClN4O2. The van der Waals surface area contributed by atoms with Gasteiger partial charge in [-0.25, -0.2) is 4.79 Å². The van der Waals surface area contributed by atoms with Crippen LogP contribution in [-0.2, 0) is 4.74 Å². The van der Waals surface area contributed by atoms with Crippen molar-refractivity contribution in [3.8, 4) is 0 Å². The topological polar surface area (TPSA) is 58.6 Å². The van der Waals surface area contributed by atoms with E-state index in [1.807, 2.05) is 31.7 Å². The highest BCUT2D eigenvalue weighted by Gasteiger charge is 2.43. The molecule has 2 fully saturated rings. The normalized spacial score (nSPS) is 24.5. The third-order valence-corrected chi connectivity index (χ3v) is 4.28. The molecule has 0 N–H and O–H groups in total. The Bertz CT molecular complexity index is 544. The number of anilines is 1. The van der Waals surface area contributed by atoms with Crippen LogP contribution in [0.3, 0.4) is 0 Å². The van der Waals surface area contributed by atoms with E-state index in [0.29, 0.717) is 17.0 Å². The Hall–Kier alpha value is -1.56. The summed E-state index contributed by atoms with van der Waals surface area (Å²) in [7, 11) is 0. The highest BCUT2D eigenvalue weighted by molar-refractivity contribution is 6.29. The van der Waals surface area contributed by atoms with Gasteiger partial charge in [-0.1, -0.05) is 11.6 Å². The van der Waals surface area contributed by atoms with Crippen molar-refractivity contribution in [1.29, 1.82) is 0 Å². The minimum absolute atomic E-state index is 0.209. The lowest BCUT2D eigenvalue weighted by Crippen LogP contribution is -2.37. The molecule has 0 saturated carbocycles. The first kappa shape index (κ1) is 15.3. The van der Waals surface area contributed by atoms with Crippen molar-refractivity contribution in [2.24, 2.45) is 11.8 Å². The summed E-state index contributed by atoms with van der Waals surface area (Å²) in [5.41, 5.74) is -0.445. The largest absolute Gasteiger partial charge is 0.444 e. The van der Waals surface area contributed by atoms with E-state index in [1.165, 1.54) is 0 Å². The van der Waals surface area contributed by atoms with Crippen molar-refractivity contribution in [2.75, 3.05) is 31.1 Å². The number of fused-ring (bicyclic) bond motifs is 1. The molecule has 2 unspecified atom stereocenters. The first-order valence-corrected chi connectivity index (χ1v) is 7.92. The zero-order chi connectivity index (χ0) is 15.9. The number of carbonyl (C=O) groups excluding carboxylic acids is 1. The first-order valence-electron chi connectivity index (χ1n) is 7.54. The van der Waals surface area contributed by atoms with Gasteiger partial charge in [0.1, 0.15) is 5.60 Å². The molecule has 1 aromatic heterocycles. The number of ether oxygens (including phenoxy) is 1. The number of likely N-dealkylation sites (tertiary alicyclic amines) is 1. The molecule has 7 heteroatoms. The van der Waals surface area contributed by atoms with Gasteiger partial charge in [-0.3, -0.25) is 0 Å². The predicted molar refractivity (Wildman–Crippen MR) is 84.0 cm³/mol. The molecule has 2 aliphatic rings. The number of hydrogen-bond donors (Lipinski definition) is 0. The smallest absolute Gasteiger partial charge is 0.410 e. The van der Waals surface area contributed by atoms with Crippen LogP contribution in [-0.4, -0.2) is 53.0 Å². The zero-order valence-corrected chi connectivity index (χ0v) is 13.9. The molecule has 120 valence electrons. The van der Waals surface area contributed by atoms with Crippen LogP contribution in [0.1, 0.15) is 20.8 Å². The van der Waals surface area contributed by atoms with Gasteiger partial charge in [0.2, 0.25) is 0 Å². The molecule has 0 bridgehead atoms. The summed E-state index contributed by atoms with van der Waals surface area (Å²) in [6.07, 6.45) is -0.209. The molecule has 1 aromatic rings. The summed E-state index contributed by atoms with van der Waals surface area (Å²) >= 11 is 5.77. The molecule has 22 heavy (non-hydrogen) atoms. The molecule has 6 nitrogen and oxygen atoms in total. The fourth-order valence-corrected chi connectivity index (χ4v) is 3.23. The van der Waals surface area contributed by atoms with Gasteiger partial charge in [0.05, 0.1) is 0 Å². The van der Waals surface area contributed by atoms with Crippen molar-refractivity contribution in [3.05, 3.63) is 17.3 Å². The van der Waals surface area contributed by atoms with Gasteiger partial charge in [0.25, 0.3) is 0 Å². The Balaban J connectivity index is 1.58. The Morgan fingerprint density at radius 2 is 1.82 bits per heavy atom. The Kier molecular flexibility index (Phi) is 3.89. The summed E-state index contributed by atoms with van der Waals surface area (Å²) in [5.74, 6) is 1.78. The fourth-order valence-electron chi connectivity index (χ4n) is 3.13. The average molecular weight is 325 g/mol. The monoisotopic (exact) mass is 324 g/mol. The number of rotatable bonds is 1. The lowest BCUT2D eigenvalue weighted by atomic mass is 10.0. The van der Waals surface area contributed by atoms with Crippen molar-refractivity contribution >= 4 is 23.5 Å². The van der Waals surface area contributed by atoms with E-state index in [4.69, 9.17) is 16.3 Å². The van der Waals surface area contributed by atoms with Crippen LogP contribution in [0, 0.1) is 11.8 Å². The number of nitrogens with zero attached hydrogens (tertiary/aromatic N) is 4. The fraction of sp³-hybridized carbons (Fsp3) is 0.667. The van der Waals surface area contributed by atoms with E-state index >= 15 is 0 Å². The lowest BCUT2D eigenvalue weighted by molar-refractivity contribution is 0.0282. The van der Waals surface area contributed by atoms with Gasteiger partial charge in [-0.05, 0) is 32.9 Å². The molecule has 0 aliphatic carbocycles. The van der Waals surface area contributed by atoms with Gasteiger partial charge in [0.15, 0.2) is 11.0 Å². The van der Waals surface area contributed by atoms with Crippen LogP contribution in [0.2, 0.25) is 5.15 Å². The molecule has 0 aromatic carbocycles. The molecule has 2 atom stereocenters. The van der Waals surface area contributed by atoms with Gasteiger partial charge in [0, 0.05) is 38.0 Å². The molecule has 0 radical (unpaired) electrons. The second kappa shape index (κ2) is 5.57. The maximum Gasteiger partial charge on any atom is 0.410 e. The van der Waals surface area contributed by atoms with E-state index in [0.717, 1.165) is 32.0 Å². The molecule has 1 amide bonds. The SMILES string of the molecule is CC(C)(C)OC(=O)N1CC2CN(c3ccc(Cl)nn3)CC2C1. The van der Waals surface area contributed by atoms with E-state index in [9.17, 15) is 4.79 Å². The Labute approximate surface area is 135 Å². The number of carbonyl (C=O) groups is 1. The lowest BCUT2D eigenvalue weighted by Gasteiger charge is -2.26. The molecule has 3 rings (SSSR count). The summed E-state index contributed by atoms with van der Waals surface area (Å²) in [4.78, 5) is 16.2.